The quantitative estimate of drug-likeness (QED) is 0.714. The van der Waals surface area contributed by atoms with E-state index in [-0.39, 0.29) is 6.03 Å². The highest BCUT2D eigenvalue weighted by Gasteiger charge is 2.25. The highest BCUT2D eigenvalue weighted by atomic mass is 32.2. The third-order valence-electron chi connectivity index (χ3n) is 6.24. The van der Waals surface area contributed by atoms with Crippen molar-refractivity contribution in [3.8, 4) is 0 Å². The van der Waals surface area contributed by atoms with Crippen LogP contribution in [0.3, 0.4) is 0 Å². The van der Waals surface area contributed by atoms with Gasteiger partial charge in [0, 0.05) is 17.8 Å². The molecule has 0 saturated carbocycles. The standard InChI is InChI=1S/C22H31N3OS/c1-15(2)25-12-5-8-18(25)11-13-27-24-22(26)23-21-19-9-3-6-16(19)14-17-7-4-10-20(17)21/h11,13-15,18H,3-10,12H2,1-2H3,(H2,23,24,26)/b13-11+. The molecule has 1 atom stereocenters. The van der Waals surface area contributed by atoms with Crippen LogP contribution in [0.25, 0.3) is 0 Å². The van der Waals surface area contributed by atoms with Crippen LogP contribution in [-0.4, -0.2) is 29.6 Å². The van der Waals surface area contributed by atoms with Gasteiger partial charge < -0.3 is 5.32 Å². The van der Waals surface area contributed by atoms with Gasteiger partial charge in [0.2, 0.25) is 0 Å². The minimum absolute atomic E-state index is 0.105. The van der Waals surface area contributed by atoms with Crippen molar-refractivity contribution in [1.82, 2.24) is 9.62 Å². The van der Waals surface area contributed by atoms with Gasteiger partial charge >= 0.3 is 6.03 Å². The number of hydrogen-bond donors (Lipinski definition) is 2. The van der Waals surface area contributed by atoms with Gasteiger partial charge in [0.1, 0.15) is 0 Å². The van der Waals surface area contributed by atoms with Crippen molar-refractivity contribution in [3.05, 3.63) is 39.8 Å². The Morgan fingerprint density at radius 2 is 1.85 bits per heavy atom. The molecule has 3 aliphatic rings. The largest absolute Gasteiger partial charge is 0.329 e. The Bertz CT molecular complexity index is 711. The van der Waals surface area contributed by atoms with Crippen molar-refractivity contribution >= 4 is 23.7 Å². The number of nitrogens with one attached hydrogen (secondary N) is 2. The van der Waals surface area contributed by atoms with E-state index in [0.29, 0.717) is 12.1 Å². The highest BCUT2D eigenvalue weighted by molar-refractivity contribution is 8.00. The third-order valence-corrected chi connectivity index (χ3v) is 6.83. The summed E-state index contributed by atoms with van der Waals surface area (Å²) >= 11 is 1.38. The van der Waals surface area contributed by atoms with Crippen molar-refractivity contribution in [1.29, 1.82) is 0 Å². The highest BCUT2D eigenvalue weighted by Crippen LogP contribution is 2.38. The fourth-order valence-electron chi connectivity index (χ4n) is 4.99. The van der Waals surface area contributed by atoms with Crippen molar-refractivity contribution in [2.45, 2.75) is 77.3 Å². The molecule has 27 heavy (non-hydrogen) atoms. The Morgan fingerprint density at radius 3 is 2.52 bits per heavy atom. The summed E-state index contributed by atoms with van der Waals surface area (Å²) in [4.78, 5) is 15.0. The first kappa shape index (κ1) is 18.9. The summed E-state index contributed by atoms with van der Waals surface area (Å²) in [6.45, 7) is 5.68. The van der Waals surface area contributed by atoms with Crippen molar-refractivity contribution < 1.29 is 4.79 Å². The first-order valence-electron chi connectivity index (χ1n) is 10.4. The second kappa shape index (κ2) is 8.27. The monoisotopic (exact) mass is 385 g/mol. The molecule has 4 rings (SSSR count). The maximum atomic E-state index is 12.5. The van der Waals surface area contributed by atoms with Crippen LogP contribution in [-0.2, 0) is 25.7 Å². The molecule has 1 aromatic rings. The predicted octanol–water partition coefficient (Wildman–Crippen LogP) is 4.82. The Hall–Kier alpha value is -1.46. The minimum Gasteiger partial charge on any atom is -0.307 e. The number of urea groups is 1. The van der Waals surface area contributed by atoms with E-state index in [9.17, 15) is 4.79 Å². The van der Waals surface area contributed by atoms with E-state index in [2.05, 4.69) is 40.9 Å². The third kappa shape index (κ3) is 4.04. The van der Waals surface area contributed by atoms with E-state index in [0.717, 1.165) is 31.4 Å². The zero-order chi connectivity index (χ0) is 18.8. The summed E-state index contributed by atoms with van der Waals surface area (Å²) in [5.74, 6) is 0. The molecule has 2 aliphatic carbocycles. The van der Waals surface area contributed by atoms with Gasteiger partial charge in [-0.15, -0.1) is 0 Å². The van der Waals surface area contributed by atoms with Gasteiger partial charge in [-0.1, -0.05) is 12.1 Å². The summed E-state index contributed by atoms with van der Waals surface area (Å²) < 4.78 is 2.94. The SMILES string of the molecule is CC(C)N1CCCC1/C=C/SNC(=O)Nc1c2c(cc3c1CCC3)CCC2. The fourth-order valence-corrected chi connectivity index (χ4v) is 5.47. The molecule has 1 aromatic carbocycles. The molecule has 2 amide bonds. The number of benzene rings is 1. The smallest absolute Gasteiger partial charge is 0.307 e. The number of carbonyl (C=O) groups excluding carboxylic acids is 1. The predicted molar refractivity (Wildman–Crippen MR) is 114 cm³/mol. The van der Waals surface area contributed by atoms with E-state index in [1.807, 2.05) is 5.41 Å². The zero-order valence-corrected chi connectivity index (χ0v) is 17.3. The minimum atomic E-state index is -0.105. The summed E-state index contributed by atoms with van der Waals surface area (Å²) in [5, 5.41) is 5.22. The van der Waals surface area contributed by atoms with Gasteiger partial charge in [-0.25, -0.2) is 4.79 Å². The van der Waals surface area contributed by atoms with Crippen LogP contribution in [0.1, 0.15) is 61.8 Å². The first-order chi connectivity index (χ1) is 13.1. The molecular formula is C22H31N3OS. The number of likely N-dealkylation sites (tertiary alicyclic amines) is 1. The molecule has 1 aliphatic heterocycles. The number of nitrogens with zero attached hydrogens (tertiary/aromatic N) is 1. The number of amides is 2. The maximum Gasteiger partial charge on any atom is 0.329 e. The van der Waals surface area contributed by atoms with E-state index in [4.69, 9.17) is 0 Å². The summed E-state index contributed by atoms with van der Waals surface area (Å²) in [6, 6.07) is 3.37. The lowest BCUT2D eigenvalue weighted by Crippen LogP contribution is -2.34. The summed E-state index contributed by atoms with van der Waals surface area (Å²) in [5.41, 5.74) is 6.78. The molecule has 0 spiro atoms. The lowest BCUT2D eigenvalue weighted by Gasteiger charge is -2.25. The second-order valence-electron chi connectivity index (χ2n) is 8.28. The molecule has 1 heterocycles. The summed E-state index contributed by atoms with van der Waals surface area (Å²) in [6.07, 6.45) is 11.6. The van der Waals surface area contributed by atoms with Crippen LogP contribution in [0, 0.1) is 0 Å². The van der Waals surface area contributed by atoms with Crippen LogP contribution >= 0.6 is 11.9 Å². The van der Waals surface area contributed by atoms with Gasteiger partial charge in [0.15, 0.2) is 0 Å². The van der Waals surface area contributed by atoms with Crippen LogP contribution in [0.15, 0.2) is 17.6 Å². The lowest BCUT2D eigenvalue weighted by molar-refractivity contribution is 0.234. The van der Waals surface area contributed by atoms with E-state index in [1.165, 1.54) is 66.4 Å². The lowest BCUT2D eigenvalue weighted by atomic mass is 9.99. The van der Waals surface area contributed by atoms with Gasteiger partial charge in [-0.3, -0.25) is 9.62 Å². The van der Waals surface area contributed by atoms with Gasteiger partial charge in [0.05, 0.1) is 0 Å². The normalized spacial score (nSPS) is 21.8. The Balaban J connectivity index is 1.35. The van der Waals surface area contributed by atoms with E-state index in [1.54, 1.807) is 0 Å². The van der Waals surface area contributed by atoms with Gasteiger partial charge in [0.25, 0.3) is 0 Å². The molecule has 5 heteroatoms. The topological polar surface area (TPSA) is 44.4 Å². The Morgan fingerprint density at radius 1 is 1.15 bits per heavy atom. The van der Waals surface area contributed by atoms with Crippen molar-refractivity contribution in [2.24, 2.45) is 0 Å². The van der Waals surface area contributed by atoms with E-state index < -0.39 is 0 Å². The second-order valence-corrected chi connectivity index (χ2v) is 8.99. The molecule has 0 radical (unpaired) electrons. The van der Waals surface area contributed by atoms with Crippen LogP contribution < -0.4 is 10.0 Å². The van der Waals surface area contributed by atoms with Gasteiger partial charge in [-0.05, 0) is 111 Å². The average molecular weight is 386 g/mol. The number of rotatable bonds is 5. The first-order valence-corrected chi connectivity index (χ1v) is 11.3. The molecular weight excluding hydrogens is 354 g/mol. The van der Waals surface area contributed by atoms with Crippen molar-refractivity contribution in [3.63, 3.8) is 0 Å². The zero-order valence-electron chi connectivity index (χ0n) is 16.5. The molecule has 1 unspecified atom stereocenters. The maximum absolute atomic E-state index is 12.5. The molecule has 4 nitrogen and oxygen atoms in total. The number of carbonyl (C=O) groups is 1. The molecule has 1 saturated heterocycles. The number of hydrogen-bond acceptors (Lipinski definition) is 3. The fraction of sp³-hybridized carbons (Fsp3) is 0.591. The average Bonchev–Trinajstić information content (AvgIpc) is 3.37. The Labute approximate surface area is 167 Å². The molecule has 0 aromatic heterocycles. The summed E-state index contributed by atoms with van der Waals surface area (Å²) in [7, 11) is 0. The van der Waals surface area contributed by atoms with Gasteiger partial charge in [-0.2, -0.15) is 0 Å². The number of aryl methyl sites for hydroxylation is 2. The van der Waals surface area contributed by atoms with Crippen LogP contribution in [0.5, 0.6) is 0 Å². The Kier molecular flexibility index (Phi) is 5.79. The molecule has 2 N–H and O–H groups in total. The number of anilines is 1. The number of fused-ring (bicyclic) bond motifs is 2. The molecule has 146 valence electrons. The van der Waals surface area contributed by atoms with E-state index >= 15 is 0 Å². The van der Waals surface area contributed by atoms with Crippen LogP contribution in [0.4, 0.5) is 10.5 Å². The van der Waals surface area contributed by atoms with Crippen LogP contribution in [0.2, 0.25) is 0 Å². The van der Waals surface area contributed by atoms with Crippen molar-refractivity contribution in [2.75, 3.05) is 11.9 Å². The molecule has 0 bridgehead atoms. The molecule has 1 fully saturated rings.